The summed E-state index contributed by atoms with van der Waals surface area (Å²) in [7, 11) is 0. The normalized spacial score (nSPS) is 12.6. The summed E-state index contributed by atoms with van der Waals surface area (Å²) in [5.74, 6) is -10.9. The molecule has 0 amide bonds. The lowest BCUT2D eigenvalue weighted by Crippen LogP contribution is -2.59. The molecule has 0 aliphatic carbocycles. The van der Waals surface area contributed by atoms with E-state index >= 15 is 0 Å². The van der Waals surface area contributed by atoms with Crippen molar-refractivity contribution in [2.75, 3.05) is 0 Å². The first-order chi connectivity index (χ1) is 6.11. The van der Waals surface area contributed by atoms with E-state index in [2.05, 4.69) is 0 Å². The summed E-state index contributed by atoms with van der Waals surface area (Å²) >= 11 is 0. The average molecular weight is 210 g/mol. The van der Waals surface area contributed by atoms with Gasteiger partial charge in [-0.1, -0.05) is 0 Å². The van der Waals surface area contributed by atoms with Gasteiger partial charge in [-0.2, -0.15) is 0 Å². The highest BCUT2D eigenvalue weighted by Crippen LogP contribution is 2.22. The molecule has 82 valence electrons. The smallest absolute Gasteiger partial charge is 0.370 e. The molecule has 0 fully saturated rings. The Morgan fingerprint density at radius 2 is 1.43 bits per heavy atom. The Morgan fingerprint density at radius 3 is 1.71 bits per heavy atom. The first kappa shape index (κ1) is 12.8. The lowest BCUT2D eigenvalue weighted by Gasteiger charge is -2.30. The molecule has 14 heavy (non-hydrogen) atoms. The molecule has 0 radical (unpaired) electrons. The molecule has 8 nitrogen and oxygen atoms in total. The Hall–Kier alpha value is -1.22. The van der Waals surface area contributed by atoms with Crippen molar-refractivity contribution < 1.29 is 40.2 Å². The SMILES string of the molecule is O=C(O)CCC(O)(O)C(O)(O)C(=O)O. The number of hydrogen-bond donors (Lipinski definition) is 6. The zero-order valence-corrected chi connectivity index (χ0v) is 6.91. The number of rotatable bonds is 5. The van der Waals surface area contributed by atoms with Gasteiger partial charge in [0.1, 0.15) is 0 Å². The van der Waals surface area contributed by atoms with E-state index in [-0.39, 0.29) is 0 Å². The lowest BCUT2D eigenvalue weighted by atomic mass is 10.0. The van der Waals surface area contributed by atoms with Gasteiger partial charge < -0.3 is 30.6 Å². The van der Waals surface area contributed by atoms with Crippen molar-refractivity contribution in [2.24, 2.45) is 0 Å². The van der Waals surface area contributed by atoms with Gasteiger partial charge in [-0.05, 0) is 0 Å². The van der Waals surface area contributed by atoms with Gasteiger partial charge in [0.05, 0.1) is 6.42 Å². The molecular weight excluding hydrogens is 200 g/mol. The van der Waals surface area contributed by atoms with Crippen LogP contribution >= 0.6 is 0 Å². The largest absolute Gasteiger partial charge is 0.481 e. The van der Waals surface area contributed by atoms with Crippen LogP contribution in [0.4, 0.5) is 0 Å². The fraction of sp³-hybridized carbons (Fsp3) is 0.667. The molecule has 0 bridgehead atoms. The van der Waals surface area contributed by atoms with E-state index in [1.165, 1.54) is 0 Å². The van der Waals surface area contributed by atoms with Crippen LogP contribution in [-0.4, -0.2) is 54.2 Å². The Bertz CT molecular complexity index is 242. The predicted molar refractivity (Wildman–Crippen MR) is 38.8 cm³/mol. The van der Waals surface area contributed by atoms with E-state index in [4.69, 9.17) is 30.6 Å². The van der Waals surface area contributed by atoms with Gasteiger partial charge in [-0.3, -0.25) is 4.79 Å². The number of carbonyl (C=O) groups is 2. The summed E-state index contributed by atoms with van der Waals surface area (Å²) in [5, 5.41) is 51.5. The van der Waals surface area contributed by atoms with Crippen LogP contribution in [0.15, 0.2) is 0 Å². The third kappa shape index (κ3) is 2.64. The summed E-state index contributed by atoms with van der Waals surface area (Å²) in [4.78, 5) is 20.2. The molecule has 0 atom stereocenters. The highest BCUT2D eigenvalue weighted by molar-refractivity contribution is 5.76. The van der Waals surface area contributed by atoms with E-state index in [0.29, 0.717) is 0 Å². The molecule has 0 aliphatic rings. The van der Waals surface area contributed by atoms with E-state index in [0.717, 1.165) is 0 Å². The molecule has 0 saturated heterocycles. The fourth-order valence-corrected chi connectivity index (χ4v) is 0.627. The van der Waals surface area contributed by atoms with Crippen molar-refractivity contribution in [3.63, 3.8) is 0 Å². The third-order valence-electron chi connectivity index (χ3n) is 1.54. The molecule has 0 saturated carbocycles. The van der Waals surface area contributed by atoms with Crippen LogP contribution in [0.2, 0.25) is 0 Å². The fourth-order valence-electron chi connectivity index (χ4n) is 0.627. The summed E-state index contributed by atoms with van der Waals surface area (Å²) in [6, 6.07) is 0. The van der Waals surface area contributed by atoms with Crippen molar-refractivity contribution in [3.05, 3.63) is 0 Å². The summed E-state index contributed by atoms with van der Waals surface area (Å²) in [6.45, 7) is 0. The summed E-state index contributed by atoms with van der Waals surface area (Å²) < 4.78 is 0. The highest BCUT2D eigenvalue weighted by atomic mass is 16.6. The molecule has 0 unspecified atom stereocenters. The van der Waals surface area contributed by atoms with E-state index < -0.39 is 36.4 Å². The number of carboxylic acids is 2. The summed E-state index contributed by atoms with van der Waals surface area (Å²) in [5.41, 5.74) is 0. The van der Waals surface area contributed by atoms with Crippen LogP contribution < -0.4 is 0 Å². The molecule has 0 aromatic rings. The summed E-state index contributed by atoms with van der Waals surface area (Å²) in [6.07, 6.45) is -1.84. The quantitative estimate of drug-likeness (QED) is 0.267. The first-order valence-corrected chi connectivity index (χ1v) is 3.46. The molecule has 0 spiro atoms. The van der Waals surface area contributed by atoms with Crippen LogP contribution in [0.3, 0.4) is 0 Å². The van der Waals surface area contributed by atoms with Crippen LogP contribution in [0.5, 0.6) is 0 Å². The van der Waals surface area contributed by atoms with Gasteiger partial charge >= 0.3 is 17.7 Å². The van der Waals surface area contributed by atoms with Crippen LogP contribution in [0.25, 0.3) is 0 Å². The molecule has 0 aromatic heterocycles. The molecule has 0 aromatic carbocycles. The second kappa shape index (κ2) is 3.88. The first-order valence-electron chi connectivity index (χ1n) is 3.46. The predicted octanol–water partition coefficient (Wildman–Crippen LogP) is -2.70. The zero-order valence-electron chi connectivity index (χ0n) is 6.91. The Morgan fingerprint density at radius 1 is 1.00 bits per heavy atom. The third-order valence-corrected chi connectivity index (χ3v) is 1.54. The van der Waals surface area contributed by atoms with E-state index in [1.54, 1.807) is 0 Å². The Kier molecular flexibility index (Phi) is 3.54. The number of carboxylic acid groups (broad SMARTS) is 2. The van der Waals surface area contributed by atoms with Crippen molar-refractivity contribution in [2.45, 2.75) is 24.4 Å². The number of aliphatic hydroxyl groups is 4. The van der Waals surface area contributed by atoms with Gasteiger partial charge in [-0.15, -0.1) is 0 Å². The Labute approximate surface area is 77.7 Å². The van der Waals surface area contributed by atoms with Crippen molar-refractivity contribution in [1.82, 2.24) is 0 Å². The monoisotopic (exact) mass is 210 g/mol. The molecule has 6 N–H and O–H groups in total. The standard InChI is InChI=1S/C6H10O8/c7-3(8)1-2-5(11,12)6(13,14)4(9)10/h11-14H,1-2H2,(H,7,8)(H,9,10). The van der Waals surface area contributed by atoms with Gasteiger partial charge in [0, 0.05) is 6.42 Å². The molecule has 8 heteroatoms. The highest BCUT2D eigenvalue weighted by Gasteiger charge is 2.53. The van der Waals surface area contributed by atoms with Gasteiger partial charge in [-0.25, -0.2) is 4.79 Å². The van der Waals surface area contributed by atoms with Crippen molar-refractivity contribution >= 4 is 11.9 Å². The minimum atomic E-state index is -3.80. The molecular formula is C6H10O8. The average Bonchev–Trinajstić information content (AvgIpc) is 2.00. The van der Waals surface area contributed by atoms with Crippen molar-refractivity contribution in [3.8, 4) is 0 Å². The van der Waals surface area contributed by atoms with E-state index in [1.807, 2.05) is 0 Å². The topological polar surface area (TPSA) is 156 Å². The van der Waals surface area contributed by atoms with Crippen molar-refractivity contribution in [1.29, 1.82) is 0 Å². The maximum absolute atomic E-state index is 10.1. The van der Waals surface area contributed by atoms with Crippen LogP contribution in [0, 0.1) is 0 Å². The van der Waals surface area contributed by atoms with Gasteiger partial charge in [0.2, 0.25) is 5.79 Å². The molecule has 0 aliphatic heterocycles. The Balaban J connectivity index is 4.59. The zero-order chi connectivity index (χ0) is 11.6. The maximum Gasteiger partial charge on any atom is 0.370 e. The lowest BCUT2D eigenvalue weighted by molar-refractivity contribution is -0.345. The second-order valence-electron chi connectivity index (χ2n) is 2.69. The minimum Gasteiger partial charge on any atom is -0.481 e. The number of hydrogen-bond acceptors (Lipinski definition) is 6. The van der Waals surface area contributed by atoms with Gasteiger partial charge in [0.15, 0.2) is 0 Å². The van der Waals surface area contributed by atoms with Crippen LogP contribution in [0.1, 0.15) is 12.8 Å². The second-order valence-corrected chi connectivity index (χ2v) is 2.69. The van der Waals surface area contributed by atoms with Gasteiger partial charge in [0.25, 0.3) is 0 Å². The number of aliphatic carboxylic acids is 2. The minimum absolute atomic E-state index is 0.816. The molecule has 0 heterocycles. The van der Waals surface area contributed by atoms with Crippen LogP contribution in [-0.2, 0) is 9.59 Å². The van der Waals surface area contributed by atoms with E-state index in [9.17, 15) is 9.59 Å². The molecule has 0 rings (SSSR count). The maximum atomic E-state index is 10.1.